The van der Waals surface area contributed by atoms with E-state index in [2.05, 4.69) is 12.1 Å². The van der Waals surface area contributed by atoms with Crippen molar-refractivity contribution in [3.63, 3.8) is 0 Å². The summed E-state index contributed by atoms with van der Waals surface area (Å²) in [6, 6.07) is 26.7. The summed E-state index contributed by atoms with van der Waals surface area (Å²) < 4.78 is 6.03. The van der Waals surface area contributed by atoms with Gasteiger partial charge in [-0.3, -0.25) is 9.59 Å². The van der Waals surface area contributed by atoms with Crippen LogP contribution in [0.1, 0.15) is 43.0 Å². The van der Waals surface area contributed by atoms with Gasteiger partial charge in [-0.05, 0) is 52.6 Å². The molecule has 142 valence electrons. The van der Waals surface area contributed by atoms with Gasteiger partial charge in [0, 0.05) is 28.7 Å². The summed E-state index contributed by atoms with van der Waals surface area (Å²) in [4.78, 5) is 25.9. The van der Waals surface area contributed by atoms with Crippen LogP contribution in [0.3, 0.4) is 0 Å². The van der Waals surface area contributed by atoms with E-state index in [4.69, 9.17) is 4.74 Å². The second-order valence-corrected chi connectivity index (χ2v) is 7.67. The fraction of sp³-hybridized carbons (Fsp3) is 0.0370. The maximum atomic E-state index is 13.0. The lowest BCUT2D eigenvalue weighted by Crippen LogP contribution is -2.20. The second-order valence-electron chi connectivity index (χ2n) is 7.67. The number of rotatable bonds is 1. The molecule has 1 heterocycles. The summed E-state index contributed by atoms with van der Waals surface area (Å²) in [7, 11) is 0. The van der Waals surface area contributed by atoms with E-state index in [-0.39, 0.29) is 11.6 Å². The summed E-state index contributed by atoms with van der Waals surface area (Å²) in [5.74, 6) is 1.56. The molecule has 0 N–H and O–H groups in total. The van der Waals surface area contributed by atoms with Crippen LogP contribution in [0.15, 0.2) is 84.9 Å². The van der Waals surface area contributed by atoms with E-state index < -0.39 is 0 Å². The normalized spacial score (nSPS) is 13.6. The highest BCUT2D eigenvalue weighted by Crippen LogP contribution is 2.39. The van der Waals surface area contributed by atoms with E-state index in [0.717, 1.165) is 40.2 Å². The third-order valence-electron chi connectivity index (χ3n) is 5.89. The molecule has 3 nitrogen and oxygen atoms in total. The van der Waals surface area contributed by atoms with E-state index in [9.17, 15) is 9.59 Å². The lowest BCUT2D eigenvalue weighted by molar-refractivity contribution is 0.0979. The fourth-order valence-electron chi connectivity index (χ4n) is 4.35. The molecule has 2 aliphatic rings. The number of carbonyl (C=O) groups excluding carboxylic acids is 2. The van der Waals surface area contributed by atoms with Gasteiger partial charge in [0.05, 0.1) is 0 Å². The average Bonchev–Trinajstić information content (AvgIpc) is 2.80. The van der Waals surface area contributed by atoms with Crippen LogP contribution in [0.4, 0.5) is 0 Å². The molecule has 0 bridgehead atoms. The van der Waals surface area contributed by atoms with Crippen LogP contribution >= 0.6 is 0 Å². The minimum Gasteiger partial charge on any atom is -0.457 e. The highest BCUT2D eigenvalue weighted by molar-refractivity contribution is 6.28. The molecule has 30 heavy (non-hydrogen) atoms. The molecule has 0 fully saturated rings. The highest BCUT2D eigenvalue weighted by Gasteiger charge is 2.29. The molecule has 1 aliphatic carbocycles. The molecule has 0 spiro atoms. The van der Waals surface area contributed by atoms with Crippen LogP contribution in [0.25, 0.3) is 11.1 Å². The van der Waals surface area contributed by atoms with Crippen LogP contribution in [0, 0.1) is 0 Å². The quantitative estimate of drug-likeness (QED) is 0.356. The van der Waals surface area contributed by atoms with Crippen LogP contribution in [0.2, 0.25) is 0 Å². The van der Waals surface area contributed by atoms with Gasteiger partial charge in [-0.15, -0.1) is 0 Å². The monoisotopic (exact) mass is 388 g/mol. The highest BCUT2D eigenvalue weighted by atomic mass is 16.5. The first-order valence-corrected chi connectivity index (χ1v) is 9.90. The van der Waals surface area contributed by atoms with Crippen molar-refractivity contribution in [3.05, 3.63) is 118 Å². The van der Waals surface area contributed by atoms with Gasteiger partial charge < -0.3 is 4.74 Å². The van der Waals surface area contributed by atoms with Crippen LogP contribution in [0.5, 0.6) is 11.5 Å². The first-order valence-electron chi connectivity index (χ1n) is 9.90. The van der Waals surface area contributed by atoms with Crippen molar-refractivity contribution in [3.8, 4) is 22.6 Å². The minimum atomic E-state index is -0.0997. The Hall–Kier alpha value is -3.98. The number of carbonyl (C=O) groups is 2. The van der Waals surface area contributed by atoms with Gasteiger partial charge in [0.25, 0.3) is 0 Å². The molecule has 4 aromatic carbocycles. The Labute approximate surface area is 173 Å². The van der Waals surface area contributed by atoms with E-state index in [0.29, 0.717) is 22.3 Å². The summed E-state index contributed by atoms with van der Waals surface area (Å²) in [6.07, 6.45) is 0.801. The average molecular weight is 388 g/mol. The Balaban J connectivity index is 1.42. The van der Waals surface area contributed by atoms with E-state index >= 15 is 0 Å². The second kappa shape index (κ2) is 6.26. The zero-order valence-electron chi connectivity index (χ0n) is 16.0. The van der Waals surface area contributed by atoms with E-state index in [1.165, 1.54) is 0 Å². The number of ether oxygens (including phenoxy) is 1. The van der Waals surface area contributed by atoms with Crippen LogP contribution in [-0.2, 0) is 6.42 Å². The number of hydrogen-bond acceptors (Lipinski definition) is 3. The Bertz CT molecular complexity index is 1380. The molecule has 0 aromatic heterocycles. The van der Waals surface area contributed by atoms with Gasteiger partial charge in [-0.25, -0.2) is 0 Å². The molecule has 0 saturated heterocycles. The molecule has 0 radical (unpaired) electrons. The van der Waals surface area contributed by atoms with Gasteiger partial charge in [0.2, 0.25) is 0 Å². The first-order chi connectivity index (χ1) is 14.7. The standard InChI is InChI=1S/C27H16O3/c28-26-20-6-2-3-7-21(20)27(29)23-15-17(9-11-22(23)26)16-10-12-25-19(13-16)14-18-5-1-4-8-24(18)30-25/h1-13,15H,14H2. The van der Waals surface area contributed by atoms with Crippen molar-refractivity contribution < 1.29 is 14.3 Å². The van der Waals surface area contributed by atoms with Crippen molar-refractivity contribution in [2.75, 3.05) is 0 Å². The summed E-state index contributed by atoms with van der Waals surface area (Å²) >= 11 is 0. The molecule has 0 saturated carbocycles. The lowest BCUT2D eigenvalue weighted by Gasteiger charge is -2.21. The van der Waals surface area contributed by atoms with Gasteiger partial charge in [0.1, 0.15) is 11.5 Å². The fourth-order valence-corrected chi connectivity index (χ4v) is 4.35. The summed E-state index contributed by atoms with van der Waals surface area (Å²) in [5, 5.41) is 0. The van der Waals surface area contributed by atoms with Gasteiger partial charge >= 0.3 is 0 Å². The molecule has 3 heteroatoms. The Kier molecular flexibility index (Phi) is 3.53. The Morgan fingerprint density at radius 1 is 0.533 bits per heavy atom. The number of benzene rings is 4. The van der Waals surface area contributed by atoms with Crippen molar-refractivity contribution in [2.24, 2.45) is 0 Å². The third-order valence-corrected chi connectivity index (χ3v) is 5.89. The molecule has 4 aromatic rings. The smallest absolute Gasteiger partial charge is 0.194 e. The van der Waals surface area contributed by atoms with Crippen LogP contribution in [-0.4, -0.2) is 11.6 Å². The molecule has 0 amide bonds. The Morgan fingerprint density at radius 2 is 1.13 bits per heavy atom. The first kappa shape index (κ1) is 16.9. The molecule has 6 rings (SSSR count). The van der Waals surface area contributed by atoms with Gasteiger partial charge in [0.15, 0.2) is 11.6 Å². The van der Waals surface area contributed by atoms with Crippen molar-refractivity contribution >= 4 is 11.6 Å². The van der Waals surface area contributed by atoms with Crippen molar-refractivity contribution in [2.45, 2.75) is 6.42 Å². The molecular formula is C27H16O3. The predicted molar refractivity (Wildman–Crippen MR) is 115 cm³/mol. The molecule has 0 atom stereocenters. The van der Waals surface area contributed by atoms with E-state index in [1.807, 2.05) is 42.5 Å². The van der Waals surface area contributed by atoms with Crippen molar-refractivity contribution in [1.29, 1.82) is 0 Å². The molecule has 1 aliphatic heterocycles. The summed E-state index contributed by atoms with van der Waals surface area (Å²) in [6.45, 7) is 0. The number of hydrogen-bond donors (Lipinski definition) is 0. The molecular weight excluding hydrogens is 372 g/mol. The number of fused-ring (bicyclic) bond motifs is 4. The maximum absolute atomic E-state index is 13.0. The minimum absolute atomic E-state index is 0.0952. The topological polar surface area (TPSA) is 43.4 Å². The van der Waals surface area contributed by atoms with Crippen molar-refractivity contribution in [1.82, 2.24) is 0 Å². The molecule has 0 unspecified atom stereocenters. The van der Waals surface area contributed by atoms with Gasteiger partial charge in [-0.1, -0.05) is 54.6 Å². The summed E-state index contributed by atoms with van der Waals surface area (Å²) in [5.41, 5.74) is 6.07. The number of ketones is 2. The Morgan fingerprint density at radius 3 is 1.97 bits per heavy atom. The third kappa shape index (κ3) is 2.45. The zero-order chi connectivity index (χ0) is 20.2. The lowest BCUT2D eigenvalue weighted by atomic mass is 9.82. The SMILES string of the molecule is O=C1c2ccccc2C(=O)c2cc(-c3ccc4c(c3)Cc3ccccc3O4)ccc21. The van der Waals surface area contributed by atoms with Crippen LogP contribution < -0.4 is 4.74 Å². The maximum Gasteiger partial charge on any atom is 0.194 e. The zero-order valence-corrected chi connectivity index (χ0v) is 16.0. The van der Waals surface area contributed by atoms with Gasteiger partial charge in [-0.2, -0.15) is 0 Å². The predicted octanol–water partition coefficient (Wildman–Crippen LogP) is 5.83. The number of para-hydroxylation sites is 1. The van der Waals surface area contributed by atoms with E-state index in [1.54, 1.807) is 30.3 Å². The largest absolute Gasteiger partial charge is 0.457 e.